The third-order valence-corrected chi connectivity index (χ3v) is 6.86. The van der Waals surface area contributed by atoms with Crippen LogP contribution in [0, 0.1) is 0 Å². The van der Waals surface area contributed by atoms with E-state index in [0.29, 0.717) is 38.4 Å². The van der Waals surface area contributed by atoms with E-state index >= 15 is 0 Å². The van der Waals surface area contributed by atoms with E-state index in [4.69, 9.17) is 21.2 Å². The molecular weight excluding hydrogens is 574 g/mol. The molecule has 3 aromatic rings. The van der Waals surface area contributed by atoms with Crippen LogP contribution in [0.4, 0.5) is 36.3 Å². The normalized spacial score (nSPS) is 13.2. The average Bonchev–Trinajstić information content (AvgIpc) is 3.24. The van der Waals surface area contributed by atoms with Crippen molar-refractivity contribution in [2.45, 2.75) is 32.7 Å². The zero-order chi connectivity index (χ0) is 30.9. The average molecular weight is 608 g/mol. The highest BCUT2D eigenvalue weighted by Gasteiger charge is 2.37. The minimum Gasteiger partial charge on any atom is -0.397 e. The maximum absolute atomic E-state index is 13.9. The minimum atomic E-state index is -4.75. The Morgan fingerprint density at radius 2 is 1.88 bits per heavy atom. The van der Waals surface area contributed by atoms with Gasteiger partial charge in [0, 0.05) is 59.2 Å². The van der Waals surface area contributed by atoms with Crippen LogP contribution in [0.25, 0.3) is 0 Å². The molecule has 0 saturated carbocycles. The Kier molecular flexibility index (Phi) is 11.4. The van der Waals surface area contributed by atoms with E-state index in [1.165, 1.54) is 11.0 Å². The number of hydrazone groups is 1. The SMILES string of the molecule is CCO.CCOPCc1ccc(Nc2ncc(C(F)(F)F)c(Nc3ccc(/C(N)=N/NN)c4c3C(=O)N(C)C4)n2)cc1. The number of hydrogen-bond donors (Lipinski definition) is 6. The second kappa shape index (κ2) is 14.7. The molecule has 0 spiro atoms. The van der Waals surface area contributed by atoms with Crippen molar-refractivity contribution in [3.8, 4) is 0 Å². The fraction of sp³-hybridized carbons (Fsp3) is 0.308. The lowest BCUT2D eigenvalue weighted by molar-refractivity contribution is -0.137. The number of hydrogen-bond acceptors (Lipinski definition) is 10. The van der Waals surface area contributed by atoms with Crippen LogP contribution in [0.1, 0.15) is 46.5 Å². The second-order valence-corrected chi connectivity index (χ2v) is 9.70. The van der Waals surface area contributed by atoms with Gasteiger partial charge in [-0.1, -0.05) is 12.1 Å². The van der Waals surface area contributed by atoms with Crippen molar-refractivity contribution in [2.75, 3.05) is 30.9 Å². The van der Waals surface area contributed by atoms with Crippen LogP contribution in [-0.2, 0) is 23.4 Å². The number of carbonyl (C=O) groups excluding carboxylic acids is 1. The van der Waals surface area contributed by atoms with Crippen LogP contribution in [0.5, 0.6) is 0 Å². The molecule has 0 bridgehead atoms. The van der Waals surface area contributed by atoms with Gasteiger partial charge < -0.3 is 30.9 Å². The van der Waals surface area contributed by atoms with Crippen molar-refractivity contribution in [2.24, 2.45) is 16.7 Å². The summed E-state index contributed by atoms with van der Waals surface area (Å²) in [5.41, 5.74) is 9.83. The topological polar surface area (TPSA) is 176 Å². The van der Waals surface area contributed by atoms with Gasteiger partial charge in [0.15, 0.2) is 5.84 Å². The number of carbonyl (C=O) groups is 1. The van der Waals surface area contributed by atoms with Crippen LogP contribution in [0.2, 0.25) is 0 Å². The number of hydrazine groups is 1. The third kappa shape index (κ3) is 8.03. The number of rotatable bonds is 10. The zero-order valence-electron chi connectivity index (χ0n) is 23.2. The number of benzene rings is 2. The van der Waals surface area contributed by atoms with Crippen LogP contribution < -0.4 is 27.7 Å². The molecule has 1 aliphatic rings. The van der Waals surface area contributed by atoms with E-state index in [0.717, 1.165) is 11.7 Å². The lowest BCUT2D eigenvalue weighted by Crippen LogP contribution is -2.24. The van der Waals surface area contributed by atoms with Crippen LogP contribution in [-0.4, -0.2) is 52.0 Å². The molecule has 2 heterocycles. The summed E-state index contributed by atoms with van der Waals surface area (Å²) in [4.78, 5) is 22.3. The number of nitrogens with one attached hydrogen (secondary N) is 3. The summed E-state index contributed by atoms with van der Waals surface area (Å²) >= 11 is 0. The van der Waals surface area contributed by atoms with Crippen molar-refractivity contribution < 1.29 is 27.6 Å². The molecule has 12 nitrogen and oxygen atoms in total. The summed E-state index contributed by atoms with van der Waals surface area (Å²) in [6, 6.07) is 10.3. The van der Waals surface area contributed by atoms with Gasteiger partial charge in [0.25, 0.3) is 5.91 Å². The molecule has 1 aromatic heterocycles. The number of amidine groups is 1. The molecule has 1 amide bonds. The summed E-state index contributed by atoms with van der Waals surface area (Å²) in [6.07, 6.45) is -3.30. The van der Waals surface area contributed by atoms with Crippen molar-refractivity contribution >= 4 is 43.7 Å². The minimum absolute atomic E-state index is 0.0253. The Bertz CT molecular complexity index is 1410. The second-order valence-electron chi connectivity index (χ2n) is 8.77. The van der Waals surface area contributed by atoms with E-state index in [2.05, 4.69) is 31.2 Å². The van der Waals surface area contributed by atoms with Gasteiger partial charge in [-0.2, -0.15) is 18.2 Å². The third-order valence-electron chi connectivity index (χ3n) is 5.81. The standard InChI is InChI=1S/C24H27F3N9O2P.C2H6O/c1-3-38-39-12-13-4-6-14(7-5-13)31-23-30-10-17(24(25,26)27)21(33-23)32-18-9-8-15(20(28)34-35-29)16-11-36(2)22(37)19(16)18;1-2-3/h4-10,35,39H,3,11-12,29H2,1-2H3,(H2,28,34)(H2,30,31,32,33);3H,2H2,1H3. The highest BCUT2D eigenvalue weighted by Crippen LogP contribution is 2.38. The van der Waals surface area contributed by atoms with Crippen molar-refractivity contribution in [3.05, 3.63) is 70.4 Å². The Labute approximate surface area is 242 Å². The number of aromatic nitrogens is 2. The molecule has 0 aliphatic carbocycles. The van der Waals surface area contributed by atoms with Crippen molar-refractivity contribution in [1.82, 2.24) is 20.4 Å². The molecular formula is C26H33F3N9O3P. The highest BCUT2D eigenvalue weighted by atomic mass is 31.1. The Morgan fingerprint density at radius 3 is 2.50 bits per heavy atom. The molecule has 1 aliphatic heterocycles. The summed E-state index contributed by atoms with van der Waals surface area (Å²) in [6.45, 7) is 4.69. The number of aliphatic hydroxyl groups excluding tert-OH is 1. The molecule has 42 heavy (non-hydrogen) atoms. The monoisotopic (exact) mass is 607 g/mol. The lowest BCUT2D eigenvalue weighted by atomic mass is 10.0. The Balaban J connectivity index is 0.00000155. The van der Waals surface area contributed by atoms with Gasteiger partial charge in [0.2, 0.25) is 5.95 Å². The molecule has 2 aromatic carbocycles. The summed E-state index contributed by atoms with van der Waals surface area (Å²) < 4.78 is 47.0. The molecule has 16 heteroatoms. The van der Waals surface area contributed by atoms with Gasteiger partial charge in [-0.15, -0.1) is 5.10 Å². The van der Waals surface area contributed by atoms with Crippen LogP contribution >= 0.6 is 8.81 Å². The van der Waals surface area contributed by atoms with Gasteiger partial charge in [-0.3, -0.25) is 4.79 Å². The fourth-order valence-corrected chi connectivity index (χ4v) is 4.68. The molecule has 8 N–H and O–H groups in total. The zero-order valence-corrected chi connectivity index (χ0v) is 24.2. The van der Waals surface area contributed by atoms with Gasteiger partial charge in [0.1, 0.15) is 11.4 Å². The van der Waals surface area contributed by atoms with Gasteiger partial charge in [0.05, 0.1) is 11.3 Å². The predicted molar refractivity (Wildman–Crippen MR) is 157 cm³/mol. The van der Waals surface area contributed by atoms with E-state index in [9.17, 15) is 18.0 Å². The largest absolute Gasteiger partial charge is 0.421 e. The molecule has 4 rings (SSSR count). The molecule has 226 valence electrons. The number of nitrogens with zero attached hydrogens (tertiary/aromatic N) is 4. The Hall–Kier alpha value is -4.04. The number of nitrogens with two attached hydrogens (primary N) is 2. The lowest BCUT2D eigenvalue weighted by Gasteiger charge is -2.17. The van der Waals surface area contributed by atoms with E-state index < -0.39 is 23.5 Å². The molecule has 0 fully saturated rings. The summed E-state index contributed by atoms with van der Waals surface area (Å²) in [7, 11) is 1.91. The molecule has 0 saturated heterocycles. The maximum Gasteiger partial charge on any atom is 0.421 e. The number of amides is 1. The molecule has 0 radical (unpaired) electrons. The van der Waals surface area contributed by atoms with Gasteiger partial charge in [-0.05, 0) is 49.2 Å². The first-order valence-electron chi connectivity index (χ1n) is 12.8. The fourth-order valence-electron chi connectivity index (χ4n) is 3.97. The predicted octanol–water partition coefficient (Wildman–Crippen LogP) is 3.78. The number of aliphatic hydroxyl groups is 1. The van der Waals surface area contributed by atoms with Crippen LogP contribution in [0.3, 0.4) is 0 Å². The first-order chi connectivity index (χ1) is 20.0. The Morgan fingerprint density at radius 1 is 1.19 bits per heavy atom. The van der Waals surface area contributed by atoms with Gasteiger partial charge >= 0.3 is 6.18 Å². The first-order valence-corrected chi connectivity index (χ1v) is 13.9. The van der Waals surface area contributed by atoms with E-state index in [-0.39, 0.29) is 36.2 Å². The number of fused-ring (bicyclic) bond motifs is 1. The van der Waals surface area contributed by atoms with E-state index in [1.54, 1.807) is 32.2 Å². The van der Waals surface area contributed by atoms with Crippen LogP contribution in [0.15, 0.2) is 47.7 Å². The maximum atomic E-state index is 13.9. The first kappa shape index (κ1) is 32.5. The van der Waals surface area contributed by atoms with Crippen molar-refractivity contribution in [1.29, 1.82) is 0 Å². The van der Waals surface area contributed by atoms with E-state index in [1.807, 2.05) is 19.1 Å². The molecule has 1 unspecified atom stereocenters. The highest BCUT2D eigenvalue weighted by molar-refractivity contribution is 7.31. The van der Waals surface area contributed by atoms with Crippen molar-refractivity contribution in [3.63, 3.8) is 0 Å². The number of halogens is 3. The number of alkyl halides is 3. The quantitative estimate of drug-likeness (QED) is 0.0497. The molecule has 1 atom stereocenters. The summed E-state index contributed by atoms with van der Waals surface area (Å²) in [5.74, 6) is 4.27. The van der Waals surface area contributed by atoms with Gasteiger partial charge in [-0.25, -0.2) is 16.4 Å². The smallest absolute Gasteiger partial charge is 0.397 e. The summed E-state index contributed by atoms with van der Waals surface area (Å²) in [5, 5.41) is 16.9. The number of anilines is 4.